The van der Waals surface area contributed by atoms with Crippen molar-refractivity contribution >= 4 is 23.4 Å². The highest BCUT2D eigenvalue weighted by Gasteiger charge is 2.25. The van der Waals surface area contributed by atoms with E-state index in [1.165, 1.54) is 0 Å². The van der Waals surface area contributed by atoms with Gasteiger partial charge in [0, 0.05) is 56.2 Å². The molecule has 0 aliphatic carbocycles. The summed E-state index contributed by atoms with van der Waals surface area (Å²) in [4.78, 5) is 30.3. The van der Waals surface area contributed by atoms with E-state index in [0.29, 0.717) is 58.2 Å². The highest BCUT2D eigenvalue weighted by atomic mass is 35.5. The Kier molecular flexibility index (Phi) is 12.0. The van der Waals surface area contributed by atoms with Gasteiger partial charge in [0.25, 0.3) is 0 Å². The van der Waals surface area contributed by atoms with E-state index in [1.807, 2.05) is 75.2 Å². The normalized spacial score (nSPS) is 11.7. The SMILES string of the molecule is CCOCCCN(CC(=O)N(Cc1cccn1Cc1ccccc1Cl)CC(C)C)C(=O)CC(C)(C)C. The molecule has 0 saturated carbocycles. The smallest absolute Gasteiger partial charge is 0.242 e. The Hall–Kier alpha value is -2.31. The number of halogens is 1. The van der Waals surface area contributed by atoms with E-state index in [1.54, 1.807) is 4.90 Å². The second-order valence-electron chi connectivity index (χ2n) is 11.0. The van der Waals surface area contributed by atoms with Gasteiger partial charge in [-0.1, -0.05) is 64.4 Å². The van der Waals surface area contributed by atoms with Gasteiger partial charge in [-0.05, 0) is 48.4 Å². The van der Waals surface area contributed by atoms with E-state index in [0.717, 1.165) is 16.3 Å². The van der Waals surface area contributed by atoms with Gasteiger partial charge >= 0.3 is 0 Å². The molecule has 0 unspecified atom stereocenters. The molecule has 36 heavy (non-hydrogen) atoms. The van der Waals surface area contributed by atoms with Crippen LogP contribution in [-0.2, 0) is 27.4 Å². The Morgan fingerprint density at radius 1 is 1.06 bits per heavy atom. The van der Waals surface area contributed by atoms with Crippen molar-refractivity contribution in [2.24, 2.45) is 11.3 Å². The average molecular weight is 518 g/mol. The Labute approximate surface area is 222 Å². The Balaban J connectivity index is 2.17. The van der Waals surface area contributed by atoms with Crippen LogP contribution in [0.15, 0.2) is 42.6 Å². The maximum Gasteiger partial charge on any atom is 0.242 e. The van der Waals surface area contributed by atoms with Crippen LogP contribution < -0.4 is 0 Å². The first kappa shape index (κ1) is 29.9. The molecular weight excluding hydrogens is 474 g/mol. The van der Waals surface area contributed by atoms with Crippen molar-refractivity contribution in [3.05, 3.63) is 58.9 Å². The minimum Gasteiger partial charge on any atom is -0.382 e. The van der Waals surface area contributed by atoms with Crippen molar-refractivity contribution in [2.45, 2.75) is 67.5 Å². The number of amides is 2. The molecule has 0 spiro atoms. The van der Waals surface area contributed by atoms with Crippen LogP contribution in [0.2, 0.25) is 5.02 Å². The average Bonchev–Trinajstić information content (AvgIpc) is 3.22. The standard InChI is InChI=1S/C29H44ClN3O3/c1-7-36-17-11-16-32(27(34)18-29(4,5)6)22-28(35)33(19-23(2)3)21-25-13-10-15-31(25)20-24-12-8-9-14-26(24)30/h8-10,12-15,23H,7,11,16-22H2,1-6H3. The first-order valence-corrected chi connectivity index (χ1v) is 13.4. The van der Waals surface area contributed by atoms with E-state index < -0.39 is 0 Å². The van der Waals surface area contributed by atoms with Gasteiger partial charge < -0.3 is 19.1 Å². The number of nitrogens with zero attached hydrogens (tertiary/aromatic N) is 3. The van der Waals surface area contributed by atoms with Crippen LogP contribution in [0.3, 0.4) is 0 Å². The lowest BCUT2D eigenvalue weighted by molar-refractivity contribution is -0.142. The molecule has 0 N–H and O–H groups in total. The van der Waals surface area contributed by atoms with Crippen LogP contribution in [0.1, 0.15) is 65.6 Å². The molecule has 2 amide bonds. The van der Waals surface area contributed by atoms with Gasteiger partial charge in [-0.2, -0.15) is 0 Å². The van der Waals surface area contributed by atoms with Crippen LogP contribution in [0, 0.1) is 11.3 Å². The highest BCUT2D eigenvalue weighted by molar-refractivity contribution is 6.31. The summed E-state index contributed by atoms with van der Waals surface area (Å²) in [5.41, 5.74) is 1.93. The van der Waals surface area contributed by atoms with E-state index >= 15 is 0 Å². The zero-order valence-electron chi connectivity index (χ0n) is 22.9. The van der Waals surface area contributed by atoms with Crippen molar-refractivity contribution in [3.8, 4) is 0 Å². The fourth-order valence-electron chi connectivity index (χ4n) is 4.07. The van der Waals surface area contributed by atoms with Crippen LogP contribution in [0.5, 0.6) is 0 Å². The molecule has 0 atom stereocenters. The molecule has 7 heteroatoms. The lowest BCUT2D eigenvalue weighted by Crippen LogP contribution is -2.45. The van der Waals surface area contributed by atoms with Crippen LogP contribution in [-0.4, -0.2) is 59.0 Å². The van der Waals surface area contributed by atoms with Gasteiger partial charge in [-0.25, -0.2) is 0 Å². The maximum absolute atomic E-state index is 13.6. The zero-order chi connectivity index (χ0) is 26.7. The molecule has 0 aliphatic heterocycles. The summed E-state index contributed by atoms with van der Waals surface area (Å²) in [6.07, 6.45) is 3.13. The number of carbonyl (C=O) groups is 2. The van der Waals surface area contributed by atoms with Crippen molar-refractivity contribution in [1.82, 2.24) is 14.4 Å². The number of hydrogen-bond donors (Lipinski definition) is 0. The predicted molar refractivity (Wildman–Crippen MR) is 147 cm³/mol. The van der Waals surface area contributed by atoms with E-state index in [4.69, 9.17) is 16.3 Å². The number of aromatic nitrogens is 1. The Morgan fingerprint density at radius 2 is 1.78 bits per heavy atom. The molecule has 200 valence electrons. The molecule has 0 fully saturated rings. The topological polar surface area (TPSA) is 54.8 Å². The minimum absolute atomic E-state index is 0.0129. The van der Waals surface area contributed by atoms with Crippen molar-refractivity contribution < 1.29 is 14.3 Å². The number of ether oxygens (including phenoxy) is 1. The second-order valence-corrected chi connectivity index (χ2v) is 11.4. The molecule has 0 aliphatic rings. The Morgan fingerprint density at radius 3 is 2.42 bits per heavy atom. The molecule has 0 radical (unpaired) electrons. The molecule has 6 nitrogen and oxygen atoms in total. The number of benzene rings is 1. The number of rotatable bonds is 14. The van der Waals surface area contributed by atoms with Gasteiger partial charge in [0.2, 0.25) is 11.8 Å². The van der Waals surface area contributed by atoms with Crippen molar-refractivity contribution in [1.29, 1.82) is 0 Å². The summed E-state index contributed by atoms with van der Waals surface area (Å²) < 4.78 is 7.60. The summed E-state index contributed by atoms with van der Waals surface area (Å²) in [7, 11) is 0. The zero-order valence-corrected chi connectivity index (χ0v) is 23.7. The predicted octanol–water partition coefficient (Wildman–Crippen LogP) is 5.87. The second kappa shape index (κ2) is 14.4. The quantitative estimate of drug-likeness (QED) is 0.295. The third-order valence-electron chi connectivity index (χ3n) is 5.79. The van der Waals surface area contributed by atoms with Crippen molar-refractivity contribution in [3.63, 3.8) is 0 Å². The van der Waals surface area contributed by atoms with Gasteiger partial charge in [0.05, 0.1) is 13.1 Å². The van der Waals surface area contributed by atoms with Gasteiger partial charge in [0.1, 0.15) is 0 Å². The van der Waals surface area contributed by atoms with E-state index in [2.05, 4.69) is 18.4 Å². The fraction of sp³-hybridized carbons (Fsp3) is 0.586. The van der Waals surface area contributed by atoms with Crippen LogP contribution >= 0.6 is 11.6 Å². The lowest BCUT2D eigenvalue weighted by Gasteiger charge is -2.30. The van der Waals surface area contributed by atoms with Gasteiger partial charge in [-0.15, -0.1) is 0 Å². The molecule has 1 heterocycles. The van der Waals surface area contributed by atoms with Gasteiger partial charge in [0.15, 0.2) is 0 Å². The summed E-state index contributed by atoms with van der Waals surface area (Å²) in [5.74, 6) is 0.282. The first-order valence-electron chi connectivity index (χ1n) is 13.0. The van der Waals surface area contributed by atoms with Crippen LogP contribution in [0.25, 0.3) is 0 Å². The van der Waals surface area contributed by atoms with Crippen molar-refractivity contribution in [2.75, 3.05) is 32.8 Å². The van der Waals surface area contributed by atoms with E-state index in [-0.39, 0.29) is 23.8 Å². The molecule has 1 aromatic carbocycles. The first-order chi connectivity index (χ1) is 17.0. The van der Waals surface area contributed by atoms with Gasteiger partial charge in [-0.3, -0.25) is 9.59 Å². The fourth-order valence-corrected chi connectivity index (χ4v) is 4.27. The summed E-state index contributed by atoms with van der Waals surface area (Å²) in [5, 5.41) is 0.729. The lowest BCUT2D eigenvalue weighted by atomic mass is 9.91. The molecule has 2 aromatic rings. The summed E-state index contributed by atoms with van der Waals surface area (Å²) in [6, 6.07) is 11.9. The molecule has 1 aromatic heterocycles. The molecule has 0 saturated heterocycles. The third kappa shape index (κ3) is 10.4. The van der Waals surface area contributed by atoms with E-state index in [9.17, 15) is 9.59 Å². The monoisotopic (exact) mass is 517 g/mol. The number of hydrogen-bond acceptors (Lipinski definition) is 3. The molecular formula is C29H44ClN3O3. The largest absolute Gasteiger partial charge is 0.382 e. The number of carbonyl (C=O) groups excluding carboxylic acids is 2. The summed E-state index contributed by atoms with van der Waals surface area (Å²) in [6.45, 7) is 15.9. The molecule has 2 rings (SSSR count). The third-order valence-corrected chi connectivity index (χ3v) is 6.16. The molecule has 0 bridgehead atoms. The Bertz CT molecular complexity index is 965. The minimum atomic E-state index is -0.143. The summed E-state index contributed by atoms with van der Waals surface area (Å²) >= 11 is 6.39. The highest BCUT2D eigenvalue weighted by Crippen LogP contribution is 2.21. The van der Waals surface area contributed by atoms with Crippen LogP contribution in [0.4, 0.5) is 0 Å². The maximum atomic E-state index is 13.6.